The maximum absolute atomic E-state index is 13.0. The molecule has 0 radical (unpaired) electrons. The molecule has 1 amide bonds. The van der Waals surface area contributed by atoms with Gasteiger partial charge < -0.3 is 10.6 Å². The van der Waals surface area contributed by atoms with Crippen molar-refractivity contribution in [2.45, 2.75) is 25.3 Å². The molecule has 0 bridgehead atoms. The van der Waals surface area contributed by atoms with Crippen molar-refractivity contribution >= 4 is 46.4 Å². The molecule has 8 heteroatoms. The molecule has 1 aromatic heterocycles. The standard InChI is InChI=1S/C23H18Cl2N4O2/c24-15-8-4-9-16(25)19(15)21-20-17(10-5-11-18(20)30)28-22-14(12-26-29(21)22)23(31)27-13-6-2-1-3-7-13/h1-4,6-9,12,21,28H,5,10-11H2,(H,27,31). The highest BCUT2D eigenvalue weighted by atomic mass is 35.5. The Balaban J connectivity index is 1.63. The Labute approximate surface area is 188 Å². The smallest absolute Gasteiger partial charge is 0.261 e. The van der Waals surface area contributed by atoms with Gasteiger partial charge in [-0.05, 0) is 37.1 Å². The van der Waals surface area contributed by atoms with E-state index in [4.69, 9.17) is 23.2 Å². The quantitative estimate of drug-likeness (QED) is 0.552. The Bertz CT molecular complexity index is 1210. The zero-order valence-corrected chi connectivity index (χ0v) is 17.9. The highest BCUT2D eigenvalue weighted by Gasteiger charge is 2.39. The maximum atomic E-state index is 13.0. The molecule has 2 aliphatic rings. The molecule has 3 aromatic rings. The van der Waals surface area contributed by atoms with Crippen LogP contribution in [0.3, 0.4) is 0 Å². The van der Waals surface area contributed by atoms with Crippen LogP contribution in [-0.4, -0.2) is 21.5 Å². The second-order valence-corrected chi connectivity index (χ2v) is 8.32. The number of carbonyl (C=O) groups excluding carboxylic acids is 2. The largest absolute Gasteiger partial charge is 0.343 e. The van der Waals surface area contributed by atoms with Crippen LogP contribution in [0.5, 0.6) is 0 Å². The molecule has 0 saturated heterocycles. The third kappa shape index (κ3) is 3.42. The fourth-order valence-corrected chi connectivity index (χ4v) is 4.79. The van der Waals surface area contributed by atoms with E-state index in [0.29, 0.717) is 51.1 Å². The number of hydrogen-bond acceptors (Lipinski definition) is 4. The third-order valence-electron chi connectivity index (χ3n) is 5.59. The van der Waals surface area contributed by atoms with Gasteiger partial charge in [0.2, 0.25) is 0 Å². The average molecular weight is 453 g/mol. The molecule has 31 heavy (non-hydrogen) atoms. The summed E-state index contributed by atoms with van der Waals surface area (Å²) in [5, 5.41) is 11.5. The van der Waals surface area contributed by atoms with Crippen molar-refractivity contribution in [3.8, 4) is 0 Å². The molecule has 1 atom stereocenters. The van der Waals surface area contributed by atoms with Crippen LogP contribution in [0.4, 0.5) is 11.5 Å². The number of para-hydroxylation sites is 1. The number of ketones is 1. The molecule has 1 unspecified atom stereocenters. The van der Waals surface area contributed by atoms with Gasteiger partial charge in [-0.2, -0.15) is 5.10 Å². The molecule has 0 spiro atoms. The van der Waals surface area contributed by atoms with Crippen LogP contribution >= 0.6 is 23.2 Å². The summed E-state index contributed by atoms with van der Waals surface area (Å²) in [6.45, 7) is 0. The van der Waals surface area contributed by atoms with Gasteiger partial charge in [-0.15, -0.1) is 0 Å². The van der Waals surface area contributed by atoms with Crippen LogP contribution in [0.1, 0.15) is 41.2 Å². The number of fused-ring (bicyclic) bond motifs is 1. The lowest BCUT2D eigenvalue weighted by Crippen LogP contribution is -2.32. The second-order valence-electron chi connectivity index (χ2n) is 7.50. The number of aromatic nitrogens is 2. The monoisotopic (exact) mass is 452 g/mol. The van der Waals surface area contributed by atoms with Crippen molar-refractivity contribution in [1.82, 2.24) is 9.78 Å². The summed E-state index contributed by atoms with van der Waals surface area (Å²) in [5.74, 6) is 0.254. The SMILES string of the molecule is O=C1CCCC2=C1C(c1c(Cl)cccc1Cl)n1ncc(C(=O)Nc3ccccc3)c1N2. The van der Waals surface area contributed by atoms with Crippen molar-refractivity contribution < 1.29 is 9.59 Å². The Morgan fingerprint density at radius 2 is 1.81 bits per heavy atom. The summed E-state index contributed by atoms with van der Waals surface area (Å²) in [4.78, 5) is 25.9. The summed E-state index contributed by atoms with van der Waals surface area (Å²) in [6.07, 6.45) is 3.40. The van der Waals surface area contributed by atoms with E-state index in [2.05, 4.69) is 15.7 Å². The Morgan fingerprint density at radius 3 is 2.55 bits per heavy atom. The van der Waals surface area contributed by atoms with E-state index in [9.17, 15) is 9.59 Å². The van der Waals surface area contributed by atoms with Gasteiger partial charge in [-0.1, -0.05) is 47.5 Å². The van der Waals surface area contributed by atoms with Crippen molar-refractivity contribution in [3.63, 3.8) is 0 Å². The van der Waals surface area contributed by atoms with E-state index in [0.717, 1.165) is 12.1 Å². The number of hydrogen-bond donors (Lipinski definition) is 2. The Morgan fingerprint density at radius 1 is 1.06 bits per heavy atom. The van der Waals surface area contributed by atoms with E-state index in [-0.39, 0.29) is 11.7 Å². The first-order chi connectivity index (χ1) is 15.0. The van der Waals surface area contributed by atoms with E-state index in [1.165, 1.54) is 6.20 Å². The van der Waals surface area contributed by atoms with E-state index in [1.807, 2.05) is 30.3 Å². The highest BCUT2D eigenvalue weighted by Crippen LogP contribution is 2.45. The van der Waals surface area contributed by atoms with Gasteiger partial charge in [0.25, 0.3) is 5.91 Å². The van der Waals surface area contributed by atoms with E-state index in [1.54, 1.807) is 22.9 Å². The van der Waals surface area contributed by atoms with Crippen LogP contribution in [0, 0.1) is 0 Å². The minimum Gasteiger partial charge on any atom is -0.343 e. The lowest BCUT2D eigenvalue weighted by molar-refractivity contribution is -0.116. The summed E-state index contributed by atoms with van der Waals surface area (Å²) >= 11 is 13.1. The number of carbonyl (C=O) groups is 2. The molecule has 5 rings (SSSR count). The van der Waals surface area contributed by atoms with Crippen LogP contribution in [0.15, 0.2) is 66.0 Å². The lowest BCUT2D eigenvalue weighted by Gasteiger charge is -2.34. The van der Waals surface area contributed by atoms with Crippen LogP contribution < -0.4 is 10.6 Å². The normalized spacial score (nSPS) is 17.6. The molecule has 1 aliphatic carbocycles. The topological polar surface area (TPSA) is 76.0 Å². The summed E-state index contributed by atoms with van der Waals surface area (Å²) < 4.78 is 1.63. The van der Waals surface area contributed by atoms with Crippen LogP contribution in [0.25, 0.3) is 0 Å². The van der Waals surface area contributed by atoms with E-state index >= 15 is 0 Å². The maximum Gasteiger partial charge on any atom is 0.261 e. The number of nitrogens with one attached hydrogen (secondary N) is 2. The zero-order chi connectivity index (χ0) is 21.5. The minimum atomic E-state index is -0.599. The summed E-state index contributed by atoms with van der Waals surface area (Å²) in [7, 11) is 0. The van der Waals surface area contributed by atoms with Gasteiger partial charge >= 0.3 is 0 Å². The molecule has 2 heterocycles. The first-order valence-electron chi connectivity index (χ1n) is 9.95. The zero-order valence-electron chi connectivity index (χ0n) is 16.4. The van der Waals surface area contributed by atoms with Gasteiger partial charge in [0.05, 0.1) is 6.20 Å². The minimum absolute atomic E-state index is 0.0335. The second kappa shape index (κ2) is 7.87. The number of Topliss-reactive ketones (excluding diaryl/α,β-unsaturated/α-hetero) is 1. The molecule has 1 aliphatic heterocycles. The number of allylic oxidation sites excluding steroid dienone is 2. The Hall–Kier alpha value is -3.09. The molecule has 0 fully saturated rings. The molecule has 6 nitrogen and oxygen atoms in total. The number of rotatable bonds is 3. The van der Waals surface area contributed by atoms with Gasteiger partial charge in [0.1, 0.15) is 17.4 Å². The molecular formula is C23H18Cl2N4O2. The molecule has 0 saturated carbocycles. The summed E-state index contributed by atoms with van der Waals surface area (Å²) in [5.41, 5.74) is 3.06. The predicted octanol–water partition coefficient (Wildman–Crippen LogP) is 5.46. The first kappa shape index (κ1) is 19.8. The fourth-order valence-electron chi connectivity index (χ4n) is 4.18. The fraction of sp³-hybridized carbons (Fsp3) is 0.174. The molecule has 2 N–H and O–H groups in total. The highest BCUT2D eigenvalue weighted by molar-refractivity contribution is 6.36. The number of amides is 1. The number of nitrogens with zero attached hydrogens (tertiary/aromatic N) is 2. The van der Waals surface area contributed by atoms with Crippen molar-refractivity contribution in [3.05, 3.63) is 87.2 Å². The van der Waals surface area contributed by atoms with Gasteiger partial charge in [-0.3, -0.25) is 9.59 Å². The number of halogens is 2. The average Bonchev–Trinajstić information content (AvgIpc) is 3.18. The van der Waals surface area contributed by atoms with Gasteiger partial charge in [-0.25, -0.2) is 4.68 Å². The van der Waals surface area contributed by atoms with Gasteiger partial charge in [0.15, 0.2) is 5.78 Å². The lowest BCUT2D eigenvalue weighted by atomic mass is 9.85. The number of anilines is 2. The van der Waals surface area contributed by atoms with Crippen LogP contribution in [0.2, 0.25) is 10.0 Å². The van der Waals surface area contributed by atoms with Crippen molar-refractivity contribution in [2.24, 2.45) is 0 Å². The van der Waals surface area contributed by atoms with E-state index < -0.39 is 6.04 Å². The number of benzene rings is 2. The predicted molar refractivity (Wildman–Crippen MR) is 121 cm³/mol. The molecular weight excluding hydrogens is 435 g/mol. The van der Waals surface area contributed by atoms with Crippen LogP contribution in [-0.2, 0) is 4.79 Å². The van der Waals surface area contributed by atoms with Crippen molar-refractivity contribution in [1.29, 1.82) is 0 Å². The third-order valence-corrected chi connectivity index (χ3v) is 6.25. The van der Waals surface area contributed by atoms with Gasteiger partial charge in [0, 0.05) is 39.0 Å². The summed E-state index contributed by atoms with van der Waals surface area (Å²) in [6, 6.07) is 13.8. The molecule has 156 valence electrons. The molecule has 2 aromatic carbocycles. The first-order valence-corrected chi connectivity index (χ1v) is 10.7. The Kier molecular flexibility index (Phi) is 5.04. The van der Waals surface area contributed by atoms with Crippen molar-refractivity contribution in [2.75, 3.05) is 10.6 Å².